The largest absolute Gasteiger partial charge is 0.437 e. The van der Waals surface area contributed by atoms with Crippen LogP contribution in [0, 0.1) is 0 Å². The third kappa shape index (κ3) is 1.67. The minimum atomic E-state index is -0.237. The number of nitrogens with zero attached hydrogens (tertiary/aromatic N) is 1. The molecule has 2 heterocycles. The van der Waals surface area contributed by atoms with E-state index in [9.17, 15) is 9.59 Å². The van der Waals surface area contributed by atoms with Crippen molar-refractivity contribution in [1.29, 1.82) is 0 Å². The number of carbonyl (C=O) groups is 1. The zero-order chi connectivity index (χ0) is 13.6. The monoisotopic (exact) mass is 254 g/mol. The number of rotatable bonds is 1. The minimum Gasteiger partial charge on any atom is -0.437 e. The molecular formula is C14H10N2O3. The Balaban J connectivity index is 2.52. The van der Waals surface area contributed by atoms with Crippen molar-refractivity contribution in [3.63, 3.8) is 0 Å². The summed E-state index contributed by atoms with van der Waals surface area (Å²) in [7, 11) is 0. The molecule has 0 saturated carbocycles. The lowest BCUT2D eigenvalue weighted by molar-refractivity contribution is 0.101. The molecule has 0 saturated heterocycles. The molecule has 0 bridgehead atoms. The Labute approximate surface area is 107 Å². The van der Waals surface area contributed by atoms with Gasteiger partial charge in [0.15, 0.2) is 5.78 Å². The summed E-state index contributed by atoms with van der Waals surface area (Å²) in [4.78, 5) is 27.8. The zero-order valence-electron chi connectivity index (χ0n) is 10.1. The number of nitrogens with two attached hydrogens (primary N) is 1. The van der Waals surface area contributed by atoms with E-state index in [-0.39, 0.29) is 33.7 Å². The number of aromatic nitrogens is 1. The van der Waals surface area contributed by atoms with Gasteiger partial charge < -0.3 is 10.2 Å². The molecule has 5 nitrogen and oxygen atoms in total. The maximum atomic E-state index is 12.3. The van der Waals surface area contributed by atoms with Crippen LogP contribution in [-0.2, 0) is 0 Å². The van der Waals surface area contributed by atoms with Gasteiger partial charge in [-0.2, -0.15) is 4.98 Å². The topological polar surface area (TPSA) is 86.2 Å². The van der Waals surface area contributed by atoms with Crippen LogP contribution in [0.25, 0.3) is 22.1 Å². The van der Waals surface area contributed by atoms with Crippen molar-refractivity contribution in [2.45, 2.75) is 6.92 Å². The number of hydrogen-bond acceptors (Lipinski definition) is 5. The fourth-order valence-corrected chi connectivity index (χ4v) is 2.02. The average Bonchev–Trinajstić information content (AvgIpc) is 2.38. The van der Waals surface area contributed by atoms with Crippen LogP contribution in [0.3, 0.4) is 0 Å². The van der Waals surface area contributed by atoms with Gasteiger partial charge >= 0.3 is 0 Å². The van der Waals surface area contributed by atoms with Crippen molar-refractivity contribution in [2.24, 2.45) is 0 Å². The first-order valence-corrected chi connectivity index (χ1v) is 5.71. The van der Waals surface area contributed by atoms with Gasteiger partial charge in [0, 0.05) is 0 Å². The number of Topliss-reactive ketones (excluding diaryl/α,β-unsaturated/α-hetero) is 1. The molecule has 3 aromatic rings. The summed E-state index contributed by atoms with van der Waals surface area (Å²) in [5.41, 5.74) is 6.29. The molecule has 2 N–H and O–H groups in total. The minimum absolute atomic E-state index is 0.0680. The quantitative estimate of drug-likeness (QED) is 0.531. The average molecular weight is 254 g/mol. The molecule has 0 radical (unpaired) electrons. The maximum absolute atomic E-state index is 12.3. The van der Waals surface area contributed by atoms with E-state index >= 15 is 0 Å². The van der Waals surface area contributed by atoms with Gasteiger partial charge in [-0.1, -0.05) is 12.1 Å². The van der Waals surface area contributed by atoms with E-state index in [2.05, 4.69) is 4.98 Å². The molecule has 3 rings (SSSR count). The van der Waals surface area contributed by atoms with Crippen LogP contribution < -0.4 is 11.2 Å². The summed E-state index contributed by atoms with van der Waals surface area (Å²) >= 11 is 0. The van der Waals surface area contributed by atoms with Gasteiger partial charge in [0.05, 0.1) is 16.3 Å². The van der Waals surface area contributed by atoms with E-state index in [4.69, 9.17) is 10.2 Å². The molecule has 0 atom stereocenters. The summed E-state index contributed by atoms with van der Waals surface area (Å²) < 4.78 is 5.54. The first-order chi connectivity index (χ1) is 9.08. The second kappa shape index (κ2) is 3.91. The number of hydrogen-bond donors (Lipinski definition) is 1. The molecule has 0 fully saturated rings. The summed E-state index contributed by atoms with van der Waals surface area (Å²) in [6.45, 7) is 1.38. The second-order valence-electron chi connectivity index (χ2n) is 4.26. The van der Waals surface area contributed by atoms with Gasteiger partial charge in [-0.25, -0.2) is 0 Å². The van der Waals surface area contributed by atoms with Crippen molar-refractivity contribution in [2.75, 3.05) is 5.73 Å². The fourth-order valence-electron chi connectivity index (χ4n) is 2.02. The van der Waals surface area contributed by atoms with E-state index in [1.54, 1.807) is 24.3 Å². The van der Waals surface area contributed by atoms with Crippen LogP contribution in [0.5, 0.6) is 0 Å². The summed E-state index contributed by atoms with van der Waals surface area (Å²) in [5.74, 6) is -0.169. The van der Waals surface area contributed by atoms with Crippen molar-refractivity contribution >= 4 is 33.7 Å². The predicted molar refractivity (Wildman–Crippen MR) is 72.2 cm³/mol. The number of anilines is 1. The van der Waals surface area contributed by atoms with Crippen LogP contribution in [0.1, 0.15) is 17.3 Å². The van der Waals surface area contributed by atoms with Crippen molar-refractivity contribution in [1.82, 2.24) is 4.98 Å². The summed E-state index contributed by atoms with van der Waals surface area (Å²) in [6.07, 6.45) is 0. The number of fused-ring (bicyclic) bond motifs is 2. The maximum Gasteiger partial charge on any atom is 0.232 e. The van der Waals surface area contributed by atoms with E-state index in [0.717, 1.165) is 0 Å². The Morgan fingerprint density at radius 2 is 2.00 bits per heavy atom. The number of carbonyl (C=O) groups excluding carboxylic acids is 1. The Kier molecular flexibility index (Phi) is 2.35. The van der Waals surface area contributed by atoms with Crippen LogP contribution >= 0.6 is 0 Å². The van der Waals surface area contributed by atoms with Crippen LogP contribution in [0.4, 0.5) is 5.82 Å². The molecule has 0 amide bonds. The highest BCUT2D eigenvalue weighted by molar-refractivity contribution is 6.02. The SMILES string of the molecule is CC(=O)c1cc2c(=O)c3ccccc3oc2nc1N. The van der Waals surface area contributed by atoms with Gasteiger partial charge in [0.2, 0.25) is 11.1 Å². The Morgan fingerprint density at radius 1 is 1.26 bits per heavy atom. The lowest BCUT2D eigenvalue weighted by Gasteiger charge is -2.04. The normalized spacial score (nSPS) is 11.0. The first-order valence-electron chi connectivity index (χ1n) is 5.71. The lowest BCUT2D eigenvalue weighted by atomic mass is 10.1. The molecule has 0 aliphatic carbocycles. The third-order valence-electron chi connectivity index (χ3n) is 2.98. The molecule has 19 heavy (non-hydrogen) atoms. The second-order valence-corrected chi connectivity index (χ2v) is 4.26. The Bertz CT molecular complexity index is 881. The molecule has 0 aliphatic heterocycles. The van der Waals surface area contributed by atoms with Gasteiger partial charge in [0.1, 0.15) is 11.4 Å². The van der Waals surface area contributed by atoms with E-state index in [1.165, 1.54) is 13.0 Å². The number of ketones is 1. The number of benzene rings is 1. The highest BCUT2D eigenvalue weighted by Gasteiger charge is 2.13. The van der Waals surface area contributed by atoms with E-state index in [1.807, 2.05) is 0 Å². The number of pyridine rings is 1. The third-order valence-corrected chi connectivity index (χ3v) is 2.98. The Hall–Kier alpha value is -2.69. The predicted octanol–water partition coefficient (Wildman–Crippen LogP) is 2.13. The van der Waals surface area contributed by atoms with Gasteiger partial charge in [-0.3, -0.25) is 9.59 Å². The van der Waals surface area contributed by atoms with Gasteiger partial charge in [0.25, 0.3) is 0 Å². The molecule has 0 aliphatic rings. The Morgan fingerprint density at radius 3 is 2.74 bits per heavy atom. The zero-order valence-corrected chi connectivity index (χ0v) is 10.1. The van der Waals surface area contributed by atoms with Gasteiger partial charge in [-0.05, 0) is 25.1 Å². The molecule has 1 aromatic carbocycles. The number of para-hydroxylation sites is 1. The lowest BCUT2D eigenvalue weighted by Crippen LogP contribution is -2.08. The molecule has 0 unspecified atom stereocenters. The van der Waals surface area contributed by atoms with Crippen LogP contribution in [-0.4, -0.2) is 10.8 Å². The smallest absolute Gasteiger partial charge is 0.232 e. The highest BCUT2D eigenvalue weighted by atomic mass is 16.3. The first kappa shape index (κ1) is 11.4. The van der Waals surface area contributed by atoms with E-state index in [0.29, 0.717) is 11.0 Å². The summed E-state index contributed by atoms with van der Waals surface area (Å²) in [6, 6.07) is 8.32. The van der Waals surface area contributed by atoms with Crippen molar-refractivity contribution in [3.05, 3.63) is 46.1 Å². The molecule has 0 spiro atoms. The summed E-state index contributed by atoms with van der Waals surface area (Å²) in [5, 5.41) is 0.717. The molecule has 94 valence electrons. The fraction of sp³-hybridized carbons (Fsp3) is 0.0714. The van der Waals surface area contributed by atoms with Gasteiger partial charge in [-0.15, -0.1) is 0 Å². The van der Waals surface area contributed by atoms with Crippen molar-refractivity contribution < 1.29 is 9.21 Å². The van der Waals surface area contributed by atoms with Crippen LogP contribution in [0.2, 0.25) is 0 Å². The highest BCUT2D eigenvalue weighted by Crippen LogP contribution is 2.20. The van der Waals surface area contributed by atoms with Crippen LogP contribution in [0.15, 0.2) is 39.5 Å². The molecule has 2 aromatic heterocycles. The van der Waals surface area contributed by atoms with Crippen molar-refractivity contribution in [3.8, 4) is 0 Å². The molecule has 5 heteroatoms. The standard InChI is InChI=1S/C14H10N2O3/c1-7(17)9-6-10-12(18)8-4-2-3-5-11(8)19-14(10)16-13(9)15/h2-6H,1H3,(H2,15,16). The van der Waals surface area contributed by atoms with E-state index < -0.39 is 0 Å². The molecular weight excluding hydrogens is 244 g/mol. The number of nitrogen functional groups attached to an aromatic ring is 1.